The Kier molecular flexibility index (Phi) is 8.36. The van der Waals surface area contributed by atoms with Crippen LogP contribution in [0.15, 0.2) is 0 Å². The van der Waals surface area contributed by atoms with E-state index in [1.54, 1.807) is 0 Å². The average molecular weight is 393 g/mol. The highest BCUT2D eigenvalue weighted by Gasteiger charge is 2.30. The maximum Gasteiger partial charge on any atom is 0.252 e. The van der Waals surface area contributed by atoms with Gasteiger partial charge in [0.15, 0.2) is 9.84 Å². The number of rotatable bonds is 8. The van der Waals surface area contributed by atoms with E-state index in [2.05, 4.69) is 0 Å². The second-order valence-corrected chi connectivity index (χ2v) is 12.7. The van der Waals surface area contributed by atoms with E-state index in [0.29, 0.717) is 18.4 Å². The summed E-state index contributed by atoms with van der Waals surface area (Å²) in [6.07, 6.45) is 1.25. The fraction of sp³-hybridized carbons (Fsp3) is 1.00. The summed E-state index contributed by atoms with van der Waals surface area (Å²) in [5.41, 5.74) is 0. The molecule has 0 rings (SSSR count). The summed E-state index contributed by atoms with van der Waals surface area (Å²) in [6, 6.07) is 0. The number of sulfonamides is 1. The summed E-state index contributed by atoms with van der Waals surface area (Å²) in [7, 11) is -5.95. The Morgan fingerprint density at radius 3 is 2.00 bits per heavy atom. The molecule has 0 saturated carbocycles. The lowest BCUT2D eigenvalue weighted by Crippen LogP contribution is -2.29. The first-order valence-corrected chi connectivity index (χ1v) is 10.7. The molecule has 0 aromatic rings. The van der Waals surface area contributed by atoms with Gasteiger partial charge >= 0.3 is 0 Å². The third-order valence-corrected chi connectivity index (χ3v) is 7.57. The van der Waals surface area contributed by atoms with Crippen molar-refractivity contribution in [3.05, 3.63) is 0 Å². The van der Waals surface area contributed by atoms with E-state index in [0.717, 1.165) is 10.1 Å². The van der Waals surface area contributed by atoms with Crippen LogP contribution in [0.2, 0.25) is 0 Å². The van der Waals surface area contributed by atoms with Gasteiger partial charge in [0.05, 0.1) is 17.3 Å². The van der Waals surface area contributed by atoms with E-state index in [-0.39, 0.29) is 5.75 Å². The van der Waals surface area contributed by atoms with Gasteiger partial charge in [-0.15, -0.1) is 3.71 Å². The second kappa shape index (κ2) is 7.91. The molecular weight excluding hydrogens is 377 g/mol. The number of nitrogens with zero attached hydrogens (tertiary/aromatic N) is 1. The van der Waals surface area contributed by atoms with Gasteiger partial charge in [0.1, 0.15) is 0 Å². The molecule has 0 saturated heterocycles. The molecule has 19 heavy (non-hydrogen) atoms. The number of hydrogen-bond acceptors (Lipinski definition) is 5. The largest absolute Gasteiger partial charge is 0.252 e. The van der Waals surface area contributed by atoms with Crippen molar-refractivity contribution >= 4 is 66.6 Å². The molecule has 0 N–H and O–H groups in total. The van der Waals surface area contributed by atoms with Crippen molar-refractivity contribution in [3.63, 3.8) is 0 Å². The lowest BCUT2D eigenvalue weighted by atomic mass is 10.4. The van der Waals surface area contributed by atoms with Gasteiger partial charge in [0, 0.05) is 7.05 Å². The minimum absolute atomic E-state index is 0.0136. The van der Waals surface area contributed by atoms with Crippen molar-refractivity contribution in [2.24, 2.45) is 0 Å². The third kappa shape index (κ3) is 9.60. The Balaban J connectivity index is 4.55. The highest BCUT2D eigenvalue weighted by molar-refractivity contribution is 8.11. The minimum atomic E-state index is -3.79. The van der Waals surface area contributed by atoms with Gasteiger partial charge < -0.3 is 0 Å². The van der Waals surface area contributed by atoms with Crippen LogP contribution in [0.3, 0.4) is 0 Å². The molecule has 0 radical (unpaired) electrons. The van der Waals surface area contributed by atoms with E-state index < -0.39 is 34.5 Å². The number of hydrogen-bond donors (Lipinski definition) is 0. The first-order valence-electron chi connectivity index (χ1n) is 5.32. The van der Waals surface area contributed by atoms with E-state index in [9.17, 15) is 16.8 Å². The van der Waals surface area contributed by atoms with Gasteiger partial charge in [0.25, 0.3) is 3.12 Å². The Morgan fingerprint density at radius 1 is 1.05 bits per heavy atom. The summed E-state index contributed by atoms with van der Waals surface area (Å²) in [4.78, 5) is 0. The molecule has 0 aromatic carbocycles. The van der Waals surface area contributed by atoms with Crippen LogP contribution in [0.1, 0.15) is 19.8 Å². The van der Waals surface area contributed by atoms with E-state index in [4.69, 9.17) is 34.8 Å². The highest BCUT2D eigenvalue weighted by Crippen LogP contribution is 2.41. The predicted octanol–water partition coefficient (Wildman–Crippen LogP) is 2.44. The number of unbranched alkanes of at least 4 members (excludes halogenated alkanes) is 1. The lowest BCUT2D eigenvalue weighted by molar-refractivity contribution is 0.562. The summed E-state index contributed by atoms with van der Waals surface area (Å²) >= 11 is 16.9. The molecule has 0 aliphatic heterocycles. The molecule has 0 aromatic heterocycles. The van der Waals surface area contributed by atoms with Crippen LogP contribution >= 0.6 is 46.8 Å². The maximum absolute atomic E-state index is 11.8. The SMILES string of the molecule is CCCCS(=O)(=O)CCS(=O)(=O)N(C)SC(Cl)(Cl)Cl. The van der Waals surface area contributed by atoms with Crippen LogP contribution in [0.5, 0.6) is 0 Å². The molecule has 0 heterocycles. The van der Waals surface area contributed by atoms with Crippen molar-refractivity contribution in [1.29, 1.82) is 0 Å². The number of sulfone groups is 1. The first kappa shape index (κ1) is 20.1. The molecular formula is C8H16Cl3NO4S3. The molecule has 0 atom stereocenters. The maximum atomic E-state index is 11.8. The van der Waals surface area contributed by atoms with Crippen LogP contribution in [0.25, 0.3) is 0 Å². The van der Waals surface area contributed by atoms with Gasteiger partial charge in [-0.2, -0.15) is 0 Å². The van der Waals surface area contributed by atoms with Gasteiger partial charge in [-0.05, 0) is 18.4 Å². The van der Waals surface area contributed by atoms with Gasteiger partial charge in [0.2, 0.25) is 10.0 Å². The third-order valence-electron chi connectivity index (χ3n) is 2.08. The molecule has 0 aliphatic carbocycles. The van der Waals surface area contributed by atoms with Crippen LogP contribution in [0, 0.1) is 0 Å². The van der Waals surface area contributed by atoms with E-state index >= 15 is 0 Å². The Bertz CT molecular complexity index is 472. The summed E-state index contributed by atoms with van der Waals surface area (Å²) in [6.45, 7) is 1.86. The molecule has 0 aliphatic rings. The standard InChI is InChI=1S/C8H16Cl3NO4S3/c1-3-4-5-18(13,14)6-7-19(15,16)12(2)17-8(9,10)11/h3-7H2,1-2H3. The van der Waals surface area contributed by atoms with Crippen LogP contribution < -0.4 is 0 Å². The fourth-order valence-electron chi connectivity index (χ4n) is 1.03. The molecule has 11 heteroatoms. The quantitative estimate of drug-likeness (QED) is 0.468. The van der Waals surface area contributed by atoms with Gasteiger partial charge in [-0.25, -0.2) is 16.8 Å². The number of alkyl halides is 3. The second-order valence-electron chi connectivity index (χ2n) is 3.77. The molecule has 0 unspecified atom stereocenters. The fourth-order valence-corrected chi connectivity index (χ4v) is 6.68. The van der Waals surface area contributed by atoms with Crippen molar-refractivity contribution in [2.75, 3.05) is 24.3 Å². The summed E-state index contributed by atoms with van der Waals surface area (Å²) in [5.74, 6) is -0.969. The van der Waals surface area contributed by atoms with Crippen molar-refractivity contribution in [2.45, 2.75) is 22.9 Å². The molecule has 0 spiro atoms. The summed E-state index contributed by atoms with van der Waals surface area (Å²) < 4.78 is 45.7. The van der Waals surface area contributed by atoms with Crippen molar-refractivity contribution < 1.29 is 16.8 Å². The highest BCUT2D eigenvalue weighted by atomic mass is 35.6. The number of halogens is 3. The van der Waals surface area contributed by atoms with E-state index in [1.165, 1.54) is 7.05 Å². The zero-order valence-corrected chi connectivity index (χ0v) is 15.2. The molecule has 116 valence electrons. The normalized spacial score (nSPS) is 14.0. The Morgan fingerprint density at radius 2 is 1.58 bits per heavy atom. The Labute approximate surface area is 134 Å². The van der Waals surface area contributed by atoms with Crippen molar-refractivity contribution in [1.82, 2.24) is 3.71 Å². The van der Waals surface area contributed by atoms with Crippen LogP contribution in [-0.2, 0) is 19.9 Å². The molecule has 0 bridgehead atoms. The Hall–Kier alpha value is 1.08. The monoisotopic (exact) mass is 391 g/mol. The molecule has 0 fully saturated rings. The average Bonchev–Trinajstić information content (AvgIpc) is 2.22. The minimum Gasteiger partial charge on any atom is -0.229 e. The zero-order valence-electron chi connectivity index (χ0n) is 10.5. The van der Waals surface area contributed by atoms with Crippen LogP contribution in [-0.4, -0.2) is 48.0 Å². The lowest BCUT2D eigenvalue weighted by Gasteiger charge is -2.19. The smallest absolute Gasteiger partial charge is 0.229 e. The van der Waals surface area contributed by atoms with Gasteiger partial charge in [-0.3, -0.25) is 0 Å². The van der Waals surface area contributed by atoms with Crippen LogP contribution in [0.4, 0.5) is 0 Å². The van der Waals surface area contributed by atoms with E-state index in [1.807, 2.05) is 6.92 Å². The zero-order chi connectivity index (χ0) is 15.3. The first-order chi connectivity index (χ1) is 8.40. The molecule has 0 amide bonds. The van der Waals surface area contributed by atoms with Gasteiger partial charge in [-0.1, -0.05) is 48.1 Å². The molecule has 5 nitrogen and oxygen atoms in total. The summed E-state index contributed by atoms with van der Waals surface area (Å²) in [5, 5.41) is 0. The van der Waals surface area contributed by atoms with Crippen molar-refractivity contribution in [3.8, 4) is 0 Å². The topological polar surface area (TPSA) is 71.5 Å². The predicted molar refractivity (Wildman–Crippen MR) is 83.0 cm³/mol.